The quantitative estimate of drug-likeness (QED) is 0.835. The number of halogens is 1. The molecule has 0 amide bonds. The van der Waals surface area contributed by atoms with Crippen molar-refractivity contribution in [1.29, 1.82) is 0 Å². The number of piperazine rings is 1. The van der Waals surface area contributed by atoms with E-state index in [1.807, 2.05) is 6.08 Å². The fourth-order valence-corrected chi connectivity index (χ4v) is 3.07. The number of hydrogen-bond acceptors (Lipinski definition) is 2. The van der Waals surface area contributed by atoms with Crippen molar-refractivity contribution in [2.45, 2.75) is 19.9 Å². The predicted octanol–water partition coefficient (Wildman–Crippen LogP) is 3.90. The second-order valence-electron chi connectivity index (χ2n) is 5.68. The van der Waals surface area contributed by atoms with Gasteiger partial charge in [0.2, 0.25) is 0 Å². The van der Waals surface area contributed by atoms with E-state index in [9.17, 15) is 0 Å². The summed E-state index contributed by atoms with van der Waals surface area (Å²) in [6.45, 7) is 10.1. The van der Waals surface area contributed by atoms with Crippen LogP contribution in [0.3, 0.4) is 0 Å². The van der Waals surface area contributed by atoms with Crippen LogP contribution in [0.4, 0.5) is 0 Å². The Morgan fingerprint density at radius 2 is 1.86 bits per heavy atom. The molecule has 3 heteroatoms. The highest BCUT2D eigenvalue weighted by molar-refractivity contribution is 6.32. The van der Waals surface area contributed by atoms with E-state index in [1.54, 1.807) is 0 Å². The Kier molecular flexibility index (Phi) is 4.18. The van der Waals surface area contributed by atoms with E-state index in [4.69, 9.17) is 11.6 Å². The smallest absolute Gasteiger partial charge is 0.0680 e. The molecule has 2 aliphatic heterocycles. The summed E-state index contributed by atoms with van der Waals surface area (Å²) in [5.74, 6) is 0. The van der Waals surface area contributed by atoms with Gasteiger partial charge >= 0.3 is 0 Å². The fraction of sp³-hybridized carbons (Fsp3) is 0.333. The van der Waals surface area contributed by atoms with E-state index in [2.05, 4.69) is 53.8 Å². The Morgan fingerprint density at radius 3 is 2.57 bits per heavy atom. The van der Waals surface area contributed by atoms with Crippen molar-refractivity contribution in [2.24, 2.45) is 0 Å². The molecular weight excluding hydrogens is 280 g/mol. The average molecular weight is 301 g/mol. The fourth-order valence-electron chi connectivity index (χ4n) is 2.84. The maximum atomic E-state index is 6.41. The Morgan fingerprint density at radius 1 is 1.14 bits per heavy atom. The molecule has 2 heterocycles. The van der Waals surface area contributed by atoms with Crippen LogP contribution in [-0.2, 0) is 13.0 Å². The zero-order chi connectivity index (χ0) is 14.8. The number of rotatable bonds is 3. The lowest BCUT2D eigenvalue weighted by Crippen LogP contribution is -2.43. The molecule has 1 saturated heterocycles. The zero-order valence-corrected chi connectivity index (χ0v) is 13.2. The monoisotopic (exact) mass is 300 g/mol. The van der Waals surface area contributed by atoms with Gasteiger partial charge in [-0.25, -0.2) is 0 Å². The van der Waals surface area contributed by atoms with Crippen molar-refractivity contribution >= 4 is 11.6 Å². The number of fused-ring (bicyclic) bond motifs is 1. The third-order valence-corrected chi connectivity index (χ3v) is 4.67. The third-order valence-electron chi connectivity index (χ3n) is 4.21. The summed E-state index contributed by atoms with van der Waals surface area (Å²) in [6.07, 6.45) is 5.18. The highest BCUT2D eigenvalue weighted by Gasteiger charge is 2.24. The van der Waals surface area contributed by atoms with Crippen molar-refractivity contribution in [3.63, 3.8) is 0 Å². The molecule has 0 saturated carbocycles. The molecule has 0 atom stereocenters. The molecule has 0 bridgehead atoms. The van der Waals surface area contributed by atoms with Crippen LogP contribution in [0.5, 0.6) is 0 Å². The van der Waals surface area contributed by atoms with Gasteiger partial charge < -0.3 is 4.90 Å². The van der Waals surface area contributed by atoms with Crippen LogP contribution >= 0.6 is 11.6 Å². The molecule has 0 radical (unpaired) electrons. The van der Waals surface area contributed by atoms with Gasteiger partial charge in [0.25, 0.3) is 0 Å². The molecule has 2 nitrogen and oxygen atoms in total. The van der Waals surface area contributed by atoms with E-state index in [1.165, 1.54) is 16.8 Å². The van der Waals surface area contributed by atoms with E-state index in [0.29, 0.717) is 0 Å². The zero-order valence-electron chi connectivity index (χ0n) is 12.5. The Balaban J connectivity index is 1.70. The second kappa shape index (κ2) is 6.08. The maximum Gasteiger partial charge on any atom is 0.0680 e. The topological polar surface area (TPSA) is 6.48 Å². The summed E-state index contributed by atoms with van der Waals surface area (Å²) < 4.78 is 0. The Hall–Kier alpha value is -1.51. The lowest BCUT2D eigenvalue weighted by Gasteiger charge is -2.38. The first-order valence-electron chi connectivity index (χ1n) is 7.50. The summed E-state index contributed by atoms with van der Waals surface area (Å²) in [7, 11) is 0. The number of benzene rings is 1. The molecule has 21 heavy (non-hydrogen) atoms. The summed E-state index contributed by atoms with van der Waals surface area (Å²) in [5, 5.41) is 0.809. The van der Waals surface area contributed by atoms with Gasteiger partial charge in [0, 0.05) is 32.4 Å². The number of hydrogen-bond donors (Lipinski definition) is 0. The van der Waals surface area contributed by atoms with Crippen LogP contribution in [0.15, 0.2) is 59.4 Å². The van der Waals surface area contributed by atoms with Crippen LogP contribution in [0.1, 0.15) is 18.1 Å². The highest BCUT2D eigenvalue weighted by Crippen LogP contribution is 2.29. The summed E-state index contributed by atoms with van der Waals surface area (Å²) in [4.78, 5) is 4.69. The largest absolute Gasteiger partial charge is 0.348 e. The molecule has 1 fully saturated rings. The standard InChI is InChI=1S/C18H21ClN2/c1-3-15-4-6-16(7-5-15)12-20-10-11-21-9-8-14(2)18(19)17(21)13-20/h4-9H,2-3,10-13H2,1H3. The molecule has 0 N–H and O–H groups in total. The van der Waals surface area contributed by atoms with Gasteiger partial charge in [0.05, 0.1) is 10.7 Å². The van der Waals surface area contributed by atoms with Gasteiger partial charge in [-0.05, 0) is 29.2 Å². The van der Waals surface area contributed by atoms with Crippen molar-refractivity contribution in [3.05, 3.63) is 70.5 Å². The lowest BCUT2D eigenvalue weighted by molar-refractivity contribution is 0.200. The SMILES string of the molecule is C=C1C=CN2CCN(Cc3ccc(CC)cc3)CC2=C1Cl. The molecule has 0 aromatic heterocycles. The molecule has 0 unspecified atom stereocenters. The molecule has 0 spiro atoms. The van der Waals surface area contributed by atoms with E-state index >= 15 is 0 Å². The third kappa shape index (κ3) is 3.07. The summed E-state index contributed by atoms with van der Waals surface area (Å²) >= 11 is 6.41. The van der Waals surface area contributed by atoms with Gasteiger partial charge in [-0.2, -0.15) is 0 Å². The molecular formula is C18H21ClN2. The Bertz CT molecular complexity index is 598. The molecule has 1 aromatic carbocycles. The van der Waals surface area contributed by atoms with Crippen molar-refractivity contribution < 1.29 is 0 Å². The van der Waals surface area contributed by atoms with Crippen molar-refractivity contribution in [1.82, 2.24) is 9.80 Å². The van der Waals surface area contributed by atoms with Crippen LogP contribution in [-0.4, -0.2) is 29.4 Å². The lowest BCUT2D eigenvalue weighted by atomic mass is 10.1. The number of nitrogens with zero attached hydrogens (tertiary/aromatic N) is 2. The molecule has 1 aromatic rings. The second-order valence-corrected chi connectivity index (χ2v) is 6.05. The highest BCUT2D eigenvalue weighted by atomic mass is 35.5. The van der Waals surface area contributed by atoms with Crippen LogP contribution in [0.25, 0.3) is 0 Å². The van der Waals surface area contributed by atoms with Gasteiger partial charge in [0.1, 0.15) is 0 Å². The molecule has 2 aliphatic rings. The van der Waals surface area contributed by atoms with E-state index in [-0.39, 0.29) is 0 Å². The minimum Gasteiger partial charge on any atom is -0.348 e. The summed E-state index contributed by atoms with van der Waals surface area (Å²) in [5.41, 5.74) is 4.85. The van der Waals surface area contributed by atoms with Crippen LogP contribution < -0.4 is 0 Å². The molecule has 110 valence electrons. The van der Waals surface area contributed by atoms with Gasteiger partial charge in [-0.3, -0.25) is 4.90 Å². The minimum absolute atomic E-state index is 0.809. The normalized spacial score (nSPS) is 19.1. The first-order chi connectivity index (χ1) is 10.2. The van der Waals surface area contributed by atoms with Crippen LogP contribution in [0.2, 0.25) is 0 Å². The van der Waals surface area contributed by atoms with Crippen molar-refractivity contribution in [2.75, 3.05) is 19.6 Å². The molecule has 3 rings (SSSR count). The maximum absolute atomic E-state index is 6.41. The number of allylic oxidation sites excluding steroid dienone is 3. The first kappa shape index (κ1) is 14.4. The predicted molar refractivity (Wildman–Crippen MR) is 89.0 cm³/mol. The van der Waals surface area contributed by atoms with E-state index < -0.39 is 0 Å². The molecule has 0 aliphatic carbocycles. The van der Waals surface area contributed by atoms with Crippen LogP contribution in [0, 0.1) is 0 Å². The van der Waals surface area contributed by atoms with Crippen molar-refractivity contribution in [3.8, 4) is 0 Å². The summed E-state index contributed by atoms with van der Waals surface area (Å²) in [6, 6.07) is 8.92. The Labute approximate surface area is 132 Å². The average Bonchev–Trinajstić information content (AvgIpc) is 2.52. The van der Waals surface area contributed by atoms with Gasteiger partial charge in [0.15, 0.2) is 0 Å². The van der Waals surface area contributed by atoms with Gasteiger partial charge in [-0.1, -0.05) is 49.4 Å². The first-order valence-corrected chi connectivity index (χ1v) is 7.88. The minimum atomic E-state index is 0.809. The van der Waals surface area contributed by atoms with E-state index in [0.717, 1.165) is 43.2 Å². The van der Waals surface area contributed by atoms with Gasteiger partial charge in [-0.15, -0.1) is 0 Å². The number of aryl methyl sites for hydroxylation is 1.